The molecule has 1 aromatic carbocycles. The van der Waals surface area contributed by atoms with Gasteiger partial charge in [0.05, 0.1) is 5.56 Å². The van der Waals surface area contributed by atoms with Crippen LogP contribution in [0.3, 0.4) is 0 Å². The topological polar surface area (TPSA) is 42.2 Å². The molecule has 0 saturated carbocycles. The van der Waals surface area contributed by atoms with Crippen molar-refractivity contribution in [3.63, 3.8) is 0 Å². The Bertz CT molecular complexity index is 654. The molecule has 0 fully saturated rings. The highest BCUT2D eigenvalue weighted by Crippen LogP contribution is 2.23. The third kappa shape index (κ3) is 3.79. The number of furan rings is 1. The summed E-state index contributed by atoms with van der Waals surface area (Å²) in [5, 5.41) is 3.06. The zero-order valence-electron chi connectivity index (χ0n) is 14.1. The summed E-state index contributed by atoms with van der Waals surface area (Å²) in [7, 11) is 0. The van der Waals surface area contributed by atoms with Gasteiger partial charge in [-0.3, -0.25) is 4.79 Å². The van der Waals surface area contributed by atoms with E-state index in [-0.39, 0.29) is 11.3 Å². The minimum atomic E-state index is -0.0482. The van der Waals surface area contributed by atoms with E-state index in [4.69, 9.17) is 4.42 Å². The molecule has 0 aliphatic carbocycles. The Morgan fingerprint density at radius 1 is 1.09 bits per heavy atom. The first kappa shape index (κ1) is 16.3. The Labute approximate surface area is 132 Å². The fourth-order valence-electron chi connectivity index (χ4n) is 2.75. The molecule has 1 amide bonds. The lowest BCUT2D eigenvalue weighted by Crippen LogP contribution is -2.35. The van der Waals surface area contributed by atoms with Crippen molar-refractivity contribution in [2.45, 2.75) is 41.0 Å². The Hall–Kier alpha value is -2.03. The van der Waals surface area contributed by atoms with E-state index < -0.39 is 0 Å². The number of hydrogen-bond donors (Lipinski definition) is 1. The van der Waals surface area contributed by atoms with Crippen molar-refractivity contribution in [1.29, 1.82) is 0 Å². The molecule has 2 rings (SSSR count). The molecule has 3 heteroatoms. The van der Waals surface area contributed by atoms with Crippen LogP contribution in [0.2, 0.25) is 0 Å². The van der Waals surface area contributed by atoms with Gasteiger partial charge in [0.15, 0.2) is 0 Å². The molecule has 0 radical (unpaired) electrons. The number of nitrogens with one attached hydrogen (secondary N) is 1. The molecule has 22 heavy (non-hydrogen) atoms. The van der Waals surface area contributed by atoms with Crippen molar-refractivity contribution in [1.82, 2.24) is 5.32 Å². The summed E-state index contributed by atoms with van der Waals surface area (Å²) in [6.45, 7) is 10.6. The minimum absolute atomic E-state index is 0.00238. The van der Waals surface area contributed by atoms with Crippen LogP contribution >= 0.6 is 0 Å². The van der Waals surface area contributed by atoms with E-state index in [0.29, 0.717) is 17.9 Å². The quantitative estimate of drug-likeness (QED) is 0.899. The normalized spacial score (nSPS) is 11.5. The van der Waals surface area contributed by atoms with Crippen LogP contribution in [-0.4, -0.2) is 12.5 Å². The first-order valence-electron chi connectivity index (χ1n) is 7.69. The Kier molecular flexibility index (Phi) is 4.74. The van der Waals surface area contributed by atoms with Crippen LogP contribution < -0.4 is 5.32 Å². The maximum Gasteiger partial charge on any atom is 0.255 e. The number of rotatable bonds is 5. The Balaban J connectivity index is 2.01. The lowest BCUT2D eigenvalue weighted by molar-refractivity contribution is 0.0934. The predicted octanol–water partition coefficient (Wildman–Crippen LogP) is 4.20. The lowest BCUT2D eigenvalue weighted by Gasteiger charge is -2.25. The first-order valence-corrected chi connectivity index (χ1v) is 7.69. The van der Waals surface area contributed by atoms with E-state index in [1.807, 2.05) is 39.0 Å². The van der Waals surface area contributed by atoms with Crippen LogP contribution in [0.15, 0.2) is 34.7 Å². The number of hydrogen-bond acceptors (Lipinski definition) is 2. The van der Waals surface area contributed by atoms with E-state index in [2.05, 4.69) is 31.3 Å². The first-order chi connectivity index (χ1) is 10.3. The maximum atomic E-state index is 12.4. The molecule has 1 aromatic heterocycles. The zero-order valence-corrected chi connectivity index (χ0v) is 14.1. The van der Waals surface area contributed by atoms with Gasteiger partial charge < -0.3 is 9.73 Å². The summed E-state index contributed by atoms with van der Waals surface area (Å²) in [5.74, 6) is 1.45. The minimum Gasteiger partial charge on any atom is -0.466 e. The molecule has 2 aromatic rings. The van der Waals surface area contributed by atoms with E-state index in [9.17, 15) is 4.79 Å². The van der Waals surface area contributed by atoms with Crippen molar-refractivity contribution in [2.24, 2.45) is 5.41 Å². The van der Waals surface area contributed by atoms with Gasteiger partial charge in [0.25, 0.3) is 5.91 Å². The smallest absolute Gasteiger partial charge is 0.255 e. The van der Waals surface area contributed by atoms with Gasteiger partial charge in [0.2, 0.25) is 0 Å². The van der Waals surface area contributed by atoms with E-state index in [1.54, 1.807) is 0 Å². The van der Waals surface area contributed by atoms with Crippen molar-refractivity contribution in [2.75, 3.05) is 6.54 Å². The van der Waals surface area contributed by atoms with Crippen LogP contribution in [0.4, 0.5) is 0 Å². The van der Waals surface area contributed by atoms with Gasteiger partial charge >= 0.3 is 0 Å². The largest absolute Gasteiger partial charge is 0.466 e. The Morgan fingerprint density at radius 2 is 1.73 bits per heavy atom. The van der Waals surface area contributed by atoms with Crippen LogP contribution in [0.1, 0.15) is 46.9 Å². The fourth-order valence-corrected chi connectivity index (χ4v) is 2.75. The number of benzene rings is 1. The van der Waals surface area contributed by atoms with E-state index in [1.165, 1.54) is 5.56 Å². The second kappa shape index (κ2) is 6.39. The summed E-state index contributed by atoms with van der Waals surface area (Å²) < 4.78 is 5.53. The standard InChI is InChI=1S/C19H25NO2/c1-13-14(2)22-15(3)17(13)18(21)20-12-19(4,5)11-16-9-7-6-8-10-16/h6-10H,11-12H2,1-5H3,(H,20,21). The number of carbonyl (C=O) groups is 1. The van der Waals surface area contributed by atoms with Crippen LogP contribution in [-0.2, 0) is 6.42 Å². The van der Waals surface area contributed by atoms with Gasteiger partial charge in [-0.1, -0.05) is 44.2 Å². The molecule has 118 valence electrons. The van der Waals surface area contributed by atoms with Gasteiger partial charge in [-0.05, 0) is 38.2 Å². The zero-order chi connectivity index (χ0) is 16.3. The average Bonchev–Trinajstić information content (AvgIpc) is 2.70. The highest BCUT2D eigenvalue weighted by molar-refractivity contribution is 5.96. The number of amides is 1. The Morgan fingerprint density at radius 3 is 2.27 bits per heavy atom. The second-order valence-electron chi connectivity index (χ2n) is 6.72. The summed E-state index contributed by atoms with van der Waals surface area (Å²) in [6.07, 6.45) is 0.927. The fraction of sp³-hybridized carbons (Fsp3) is 0.421. The molecule has 0 spiro atoms. The van der Waals surface area contributed by atoms with Crippen LogP contribution in [0.5, 0.6) is 0 Å². The third-order valence-corrected chi connectivity index (χ3v) is 4.04. The van der Waals surface area contributed by atoms with Crippen molar-refractivity contribution in [3.05, 3.63) is 58.5 Å². The number of aryl methyl sites for hydroxylation is 2. The molecule has 0 atom stereocenters. The molecule has 0 aliphatic heterocycles. The summed E-state index contributed by atoms with van der Waals surface area (Å²) in [4.78, 5) is 12.4. The molecular weight excluding hydrogens is 274 g/mol. The molecule has 1 heterocycles. The molecule has 0 bridgehead atoms. The van der Waals surface area contributed by atoms with Crippen LogP contribution in [0, 0.1) is 26.2 Å². The predicted molar refractivity (Wildman–Crippen MR) is 89.2 cm³/mol. The van der Waals surface area contributed by atoms with Crippen molar-refractivity contribution in [3.8, 4) is 0 Å². The summed E-state index contributed by atoms with van der Waals surface area (Å²) in [6, 6.07) is 10.4. The van der Waals surface area contributed by atoms with E-state index in [0.717, 1.165) is 17.7 Å². The molecule has 0 unspecified atom stereocenters. The van der Waals surface area contributed by atoms with Crippen molar-refractivity contribution >= 4 is 5.91 Å². The molecule has 0 saturated heterocycles. The van der Waals surface area contributed by atoms with E-state index >= 15 is 0 Å². The average molecular weight is 299 g/mol. The van der Waals surface area contributed by atoms with Gasteiger partial charge in [0.1, 0.15) is 11.5 Å². The van der Waals surface area contributed by atoms with Gasteiger partial charge in [-0.25, -0.2) is 0 Å². The highest BCUT2D eigenvalue weighted by atomic mass is 16.3. The second-order valence-corrected chi connectivity index (χ2v) is 6.72. The van der Waals surface area contributed by atoms with Crippen LogP contribution in [0.25, 0.3) is 0 Å². The van der Waals surface area contributed by atoms with Gasteiger partial charge in [-0.2, -0.15) is 0 Å². The number of carbonyl (C=O) groups excluding carboxylic acids is 1. The molecule has 0 aliphatic rings. The molecule has 1 N–H and O–H groups in total. The summed E-state index contributed by atoms with van der Waals surface area (Å²) in [5.41, 5.74) is 2.88. The van der Waals surface area contributed by atoms with Crippen molar-refractivity contribution < 1.29 is 9.21 Å². The molecular formula is C19H25NO2. The third-order valence-electron chi connectivity index (χ3n) is 4.04. The lowest BCUT2D eigenvalue weighted by atomic mass is 9.85. The maximum absolute atomic E-state index is 12.4. The highest BCUT2D eigenvalue weighted by Gasteiger charge is 2.23. The van der Waals surface area contributed by atoms with Gasteiger partial charge in [0, 0.05) is 12.1 Å². The summed E-state index contributed by atoms with van der Waals surface area (Å²) >= 11 is 0. The molecule has 3 nitrogen and oxygen atoms in total. The van der Waals surface area contributed by atoms with Gasteiger partial charge in [-0.15, -0.1) is 0 Å². The monoisotopic (exact) mass is 299 g/mol. The SMILES string of the molecule is Cc1oc(C)c(C(=O)NCC(C)(C)Cc2ccccc2)c1C.